The lowest BCUT2D eigenvalue weighted by Crippen LogP contribution is -2.23. The minimum atomic E-state index is 0.362. The largest absolute Gasteiger partial charge is 0.369 e. The lowest BCUT2D eigenvalue weighted by molar-refractivity contribution is 0.362. The molecule has 0 amide bonds. The molecule has 5 heteroatoms. The first-order valence-corrected chi connectivity index (χ1v) is 8.21. The molecule has 0 atom stereocenters. The molecule has 0 bridgehead atoms. The number of aromatic nitrogens is 2. The first-order valence-electron chi connectivity index (χ1n) is 7.39. The Hall–Kier alpha value is -1.36. The number of hydrogen-bond acceptors (Lipinski definition) is 5. The predicted molar refractivity (Wildman–Crippen MR) is 86.3 cm³/mol. The van der Waals surface area contributed by atoms with Crippen LogP contribution in [0.2, 0.25) is 0 Å². The average Bonchev–Trinajstić information content (AvgIpc) is 3.02. The minimum Gasteiger partial charge on any atom is -0.369 e. The van der Waals surface area contributed by atoms with E-state index in [1.807, 2.05) is 0 Å². The van der Waals surface area contributed by atoms with E-state index < -0.39 is 0 Å². The van der Waals surface area contributed by atoms with Crippen LogP contribution in [0.15, 0.2) is 6.07 Å². The van der Waals surface area contributed by atoms with Gasteiger partial charge in [0, 0.05) is 11.4 Å². The highest BCUT2D eigenvalue weighted by atomic mass is 32.1. The van der Waals surface area contributed by atoms with E-state index in [0.29, 0.717) is 11.4 Å². The van der Waals surface area contributed by atoms with Gasteiger partial charge in [0.1, 0.15) is 10.6 Å². The van der Waals surface area contributed by atoms with Gasteiger partial charge in [-0.25, -0.2) is 4.98 Å². The molecular weight excluding hydrogens is 268 g/mol. The summed E-state index contributed by atoms with van der Waals surface area (Å²) in [4.78, 5) is 11.1. The van der Waals surface area contributed by atoms with Gasteiger partial charge in [0.25, 0.3) is 0 Å². The molecule has 1 fully saturated rings. The van der Waals surface area contributed by atoms with Gasteiger partial charge in [0.2, 0.25) is 5.95 Å². The molecule has 1 aliphatic carbocycles. The number of aryl methyl sites for hydroxylation is 1. The minimum absolute atomic E-state index is 0.362. The Labute approximate surface area is 123 Å². The van der Waals surface area contributed by atoms with E-state index in [9.17, 15) is 0 Å². The second-order valence-electron chi connectivity index (χ2n) is 6.09. The van der Waals surface area contributed by atoms with Crippen LogP contribution in [0.3, 0.4) is 0 Å². The zero-order chi connectivity index (χ0) is 14.2. The Kier molecular flexibility index (Phi) is 3.54. The van der Waals surface area contributed by atoms with Crippen LogP contribution in [0.25, 0.3) is 10.2 Å². The standard InChI is InChI=1S/C15H22N4S/c1-3-10-8-11-12(18-14(16)19-13(11)20-10)17-9-15(2)6-4-5-7-15/h8H,3-7,9H2,1-2H3,(H3,16,17,18,19). The Balaban J connectivity index is 1.88. The molecule has 0 radical (unpaired) electrons. The molecule has 0 saturated heterocycles. The zero-order valence-corrected chi connectivity index (χ0v) is 13.0. The number of nitrogens with zero attached hydrogens (tertiary/aromatic N) is 2. The number of hydrogen-bond donors (Lipinski definition) is 2. The first-order chi connectivity index (χ1) is 9.59. The summed E-state index contributed by atoms with van der Waals surface area (Å²) < 4.78 is 0. The third-order valence-corrected chi connectivity index (χ3v) is 5.48. The summed E-state index contributed by atoms with van der Waals surface area (Å²) in [5, 5.41) is 4.64. The number of nitrogens with two attached hydrogens (primary N) is 1. The number of thiophene rings is 1. The molecule has 20 heavy (non-hydrogen) atoms. The fourth-order valence-corrected chi connectivity index (χ4v) is 3.97. The first kappa shape index (κ1) is 13.6. The molecule has 2 aromatic heterocycles. The number of nitrogen functional groups attached to an aromatic ring is 1. The maximum atomic E-state index is 5.84. The van der Waals surface area contributed by atoms with Crippen LogP contribution in [0.5, 0.6) is 0 Å². The van der Waals surface area contributed by atoms with E-state index in [4.69, 9.17) is 5.73 Å². The number of nitrogens with one attached hydrogen (secondary N) is 1. The molecule has 2 aromatic rings. The lowest BCUT2D eigenvalue weighted by atomic mass is 9.89. The number of fused-ring (bicyclic) bond motifs is 1. The number of anilines is 2. The molecule has 0 unspecified atom stereocenters. The monoisotopic (exact) mass is 290 g/mol. The van der Waals surface area contributed by atoms with E-state index in [0.717, 1.165) is 29.0 Å². The van der Waals surface area contributed by atoms with Gasteiger partial charge in [-0.3, -0.25) is 0 Å². The van der Waals surface area contributed by atoms with Gasteiger partial charge >= 0.3 is 0 Å². The maximum absolute atomic E-state index is 5.84. The maximum Gasteiger partial charge on any atom is 0.223 e. The van der Waals surface area contributed by atoms with E-state index in [-0.39, 0.29) is 0 Å². The molecule has 0 aliphatic heterocycles. The van der Waals surface area contributed by atoms with Crippen molar-refractivity contribution in [1.82, 2.24) is 9.97 Å². The highest BCUT2D eigenvalue weighted by molar-refractivity contribution is 7.18. The average molecular weight is 290 g/mol. The Bertz CT molecular complexity index is 614. The fourth-order valence-electron chi connectivity index (χ4n) is 3.00. The van der Waals surface area contributed by atoms with Crippen molar-refractivity contribution in [3.63, 3.8) is 0 Å². The summed E-state index contributed by atoms with van der Waals surface area (Å²) in [5.74, 6) is 1.26. The van der Waals surface area contributed by atoms with Crippen molar-refractivity contribution in [2.75, 3.05) is 17.6 Å². The molecule has 0 spiro atoms. The molecule has 1 aliphatic rings. The summed E-state index contributed by atoms with van der Waals surface area (Å²) in [5.41, 5.74) is 6.23. The fraction of sp³-hybridized carbons (Fsp3) is 0.600. The Morgan fingerprint density at radius 2 is 2.10 bits per heavy atom. The van der Waals surface area contributed by atoms with Crippen LogP contribution in [0.4, 0.5) is 11.8 Å². The Morgan fingerprint density at radius 1 is 1.35 bits per heavy atom. The van der Waals surface area contributed by atoms with Gasteiger partial charge < -0.3 is 11.1 Å². The molecule has 2 heterocycles. The van der Waals surface area contributed by atoms with Gasteiger partial charge in [-0.05, 0) is 30.7 Å². The van der Waals surface area contributed by atoms with Crippen LogP contribution < -0.4 is 11.1 Å². The molecule has 4 nitrogen and oxygen atoms in total. The van der Waals surface area contributed by atoms with Crippen molar-refractivity contribution < 1.29 is 0 Å². The van der Waals surface area contributed by atoms with Gasteiger partial charge in [-0.15, -0.1) is 11.3 Å². The number of rotatable bonds is 4. The van der Waals surface area contributed by atoms with Gasteiger partial charge in [0.15, 0.2) is 0 Å². The summed E-state index contributed by atoms with van der Waals surface area (Å²) in [6.07, 6.45) is 6.31. The Morgan fingerprint density at radius 3 is 2.80 bits per heavy atom. The third-order valence-electron chi connectivity index (χ3n) is 4.30. The van der Waals surface area contributed by atoms with Gasteiger partial charge in [0.05, 0.1) is 5.39 Å². The summed E-state index contributed by atoms with van der Waals surface area (Å²) in [7, 11) is 0. The zero-order valence-electron chi connectivity index (χ0n) is 12.2. The quantitative estimate of drug-likeness (QED) is 0.898. The molecule has 1 saturated carbocycles. The van der Waals surface area contributed by atoms with Crippen LogP contribution in [0, 0.1) is 5.41 Å². The van der Waals surface area contributed by atoms with E-state index >= 15 is 0 Å². The molecule has 3 rings (SSSR count). The van der Waals surface area contributed by atoms with Gasteiger partial charge in [-0.1, -0.05) is 26.7 Å². The van der Waals surface area contributed by atoms with Crippen LogP contribution >= 0.6 is 11.3 Å². The molecule has 3 N–H and O–H groups in total. The van der Waals surface area contributed by atoms with Crippen molar-refractivity contribution in [2.45, 2.75) is 46.0 Å². The summed E-state index contributed by atoms with van der Waals surface area (Å²) in [6.45, 7) is 5.49. The smallest absolute Gasteiger partial charge is 0.223 e. The predicted octanol–water partition coefficient (Wildman–Crippen LogP) is 3.83. The van der Waals surface area contributed by atoms with Crippen LogP contribution in [-0.2, 0) is 6.42 Å². The van der Waals surface area contributed by atoms with Crippen molar-refractivity contribution in [3.8, 4) is 0 Å². The summed E-state index contributed by atoms with van der Waals surface area (Å²) >= 11 is 1.71. The normalized spacial score (nSPS) is 17.7. The third kappa shape index (κ3) is 2.59. The summed E-state index contributed by atoms with van der Waals surface area (Å²) in [6, 6.07) is 2.19. The second kappa shape index (κ2) is 5.20. The van der Waals surface area contributed by atoms with Crippen molar-refractivity contribution >= 4 is 33.3 Å². The molecule has 0 aromatic carbocycles. The van der Waals surface area contributed by atoms with E-state index in [1.165, 1.54) is 30.6 Å². The SMILES string of the molecule is CCc1cc2c(NCC3(C)CCCC3)nc(N)nc2s1. The van der Waals surface area contributed by atoms with Gasteiger partial charge in [-0.2, -0.15) is 4.98 Å². The van der Waals surface area contributed by atoms with Crippen molar-refractivity contribution in [1.29, 1.82) is 0 Å². The van der Waals surface area contributed by atoms with E-state index in [1.54, 1.807) is 11.3 Å². The van der Waals surface area contributed by atoms with Crippen molar-refractivity contribution in [2.24, 2.45) is 5.41 Å². The van der Waals surface area contributed by atoms with Crippen LogP contribution in [-0.4, -0.2) is 16.5 Å². The van der Waals surface area contributed by atoms with Crippen LogP contribution in [0.1, 0.15) is 44.4 Å². The molecule has 108 valence electrons. The highest BCUT2D eigenvalue weighted by Crippen LogP contribution is 2.38. The van der Waals surface area contributed by atoms with Crippen molar-refractivity contribution in [3.05, 3.63) is 10.9 Å². The second-order valence-corrected chi connectivity index (χ2v) is 7.20. The highest BCUT2D eigenvalue weighted by Gasteiger charge is 2.28. The lowest BCUT2D eigenvalue weighted by Gasteiger charge is -2.24. The topological polar surface area (TPSA) is 63.8 Å². The molecular formula is C15H22N4S. The van der Waals surface area contributed by atoms with E-state index in [2.05, 4.69) is 35.2 Å².